The molecular weight excluding hydrogens is 512 g/mol. The van der Waals surface area contributed by atoms with Gasteiger partial charge in [0, 0.05) is 20.6 Å². The molecule has 7 N–H and O–H groups in total. The Morgan fingerprint density at radius 3 is 1.59 bits per heavy atom. The molecule has 13 atom stereocenters. The topological polar surface area (TPSA) is 257 Å². The van der Waals surface area contributed by atoms with Gasteiger partial charge in [-0.05, 0) is 6.42 Å². The second-order valence-electron chi connectivity index (χ2n) is 8.60. The maximum atomic E-state index is 11.9. The summed E-state index contributed by atoms with van der Waals surface area (Å²) in [6, 6.07) is 0. The second kappa shape index (κ2) is 12.2. The summed E-state index contributed by atoms with van der Waals surface area (Å²) in [6.07, 6.45) is -22.3. The van der Waals surface area contributed by atoms with Crippen LogP contribution in [-0.2, 0) is 47.5 Å². The molecule has 3 aliphatic rings. The molecular formula is C20H30O17. The van der Waals surface area contributed by atoms with Crippen molar-refractivity contribution in [3.8, 4) is 0 Å². The zero-order valence-corrected chi connectivity index (χ0v) is 19.6. The lowest BCUT2D eigenvalue weighted by molar-refractivity contribution is -0.360. The molecule has 37 heavy (non-hydrogen) atoms. The predicted octanol–water partition coefficient (Wildman–Crippen LogP) is -3.93. The molecule has 3 rings (SSSR count). The molecule has 212 valence electrons. The lowest BCUT2D eigenvalue weighted by Crippen LogP contribution is -2.66. The van der Waals surface area contributed by atoms with Gasteiger partial charge in [-0.3, -0.25) is 0 Å². The van der Waals surface area contributed by atoms with E-state index in [4.69, 9.17) is 33.2 Å². The normalized spacial score (nSPS) is 44.8. The van der Waals surface area contributed by atoms with Crippen LogP contribution in [0.25, 0.3) is 0 Å². The SMILES string of the molecule is COC1CCC(OC2C(C(=O)O)OC(OC3C(C(=O)O)OC(OC)C(O)C3O)C(O)C2O)OC1C(=O)O. The van der Waals surface area contributed by atoms with E-state index >= 15 is 0 Å². The quantitative estimate of drug-likeness (QED) is 0.147. The molecule has 17 heteroatoms. The maximum absolute atomic E-state index is 11.9. The van der Waals surface area contributed by atoms with Crippen LogP contribution < -0.4 is 0 Å². The van der Waals surface area contributed by atoms with Crippen molar-refractivity contribution < 1.29 is 83.3 Å². The Morgan fingerprint density at radius 1 is 0.622 bits per heavy atom. The van der Waals surface area contributed by atoms with Gasteiger partial charge in [0.25, 0.3) is 0 Å². The van der Waals surface area contributed by atoms with E-state index in [0.717, 1.165) is 7.11 Å². The van der Waals surface area contributed by atoms with Crippen molar-refractivity contribution in [2.24, 2.45) is 0 Å². The minimum atomic E-state index is -2.05. The van der Waals surface area contributed by atoms with Crippen LogP contribution in [0.1, 0.15) is 12.8 Å². The maximum Gasteiger partial charge on any atom is 0.335 e. The number of aliphatic carboxylic acids is 3. The van der Waals surface area contributed by atoms with E-state index in [1.807, 2.05) is 0 Å². The molecule has 0 radical (unpaired) electrons. The molecule has 0 saturated carbocycles. The molecule has 17 nitrogen and oxygen atoms in total. The smallest absolute Gasteiger partial charge is 0.335 e. The Hall–Kier alpha value is -2.03. The van der Waals surface area contributed by atoms with Gasteiger partial charge in [-0.2, -0.15) is 0 Å². The first-order valence-electron chi connectivity index (χ1n) is 11.1. The van der Waals surface area contributed by atoms with E-state index in [9.17, 15) is 50.1 Å². The number of aliphatic hydroxyl groups excluding tert-OH is 4. The number of carboxylic acids is 3. The van der Waals surface area contributed by atoms with Crippen molar-refractivity contribution in [2.45, 2.75) is 92.8 Å². The van der Waals surface area contributed by atoms with Crippen LogP contribution in [-0.4, -0.2) is 148 Å². The lowest BCUT2D eigenvalue weighted by Gasteiger charge is -2.46. The highest BCUT2D eigenvalue weighted by atomic mass is 16.8. The molecule has 0 aromatic heterocycles. The van der Waals surface area contributed by atoms with E-state index in [-0.39, 0.29) is 12.8 Å². The first kappa shape index (κ1) is 29.5. The number of carbonyl (C=O) groups is 3. The molecule has 0 aromatic carbocycles. The summed E-state index contributed by atoms with van der Waals surface area (Å²) in [5.41, 5.74) is 0. The lowest BCUT2D eigenvalue weighted by atomic mass is 9.96. The minimum absolute atomic E-state index is 0.0539. The zero-order chi connectivity index (χ0) is 27.6. The van der Waals surface area contributed by atoms with Gasteiger partial charge in [0.1, 0.15) is 36.6 Å². The number of methoxy groups -OCH3 is 2. The van der Waals surface area contributed by atoms with Gasteiger partial charge < -0.3 is 68.9 Å². The van der Waals surface area contributed by atoms with Crippen LogP contribution >= 0.6 is 0 Å². The number of rotatable bonds is 9. The van der Waals surface area contributed by atoms with Crippen molar-refractivity contribution in [2.75, 3.05) is 14.2 Å². The first-order valence-corrected chi connectivity index (χ1v) is 11.1. The van der Waals surface area contributed by atoms with Gasteiger partial charge in [0.15, 0.2) is 37.2 Å². The van der Waals surface area contributed by atoms with E-state index in [2.05, 4.69) is 0 Å². The van der Waals surface area contributed by atoms with Gasteiger partial charge >= 0.3 is 17.9 Å². The van der Waals surface area contributed by atoms with Crippen LogP contribution in [0, 0.1) is 0 Å². The summed E-state index contributed by atoms with van der Waals surface area (Å²) < 4.78 is 36.3. The third-order valence-corrected chi connectivity index (χ3v) is 6.28. The molecule has 0 aliphatic carbocycles. The number of ether oxygens (including phenoxy) is 7. The zero-order valence-electron chi connectivity index (χ0n) is 19.6. The Balaban J connectivity index is 1.76. The van der Waals surface area contributed by atoms with Gasteiger partial charge in [-0.1, -0.05) is 0 Å². The third-order valence-electron chi connectivity index (χ3n) is 6.28. The average molecular weight is 542 g/mol. The molecule has 0 bridgehead atoms. The fraction of sp³-hybridized carbons (Fsp3) is 0.850. The summed E-state index contributed by atoms with van der Waals surface area (Å²) in [4.78, 5) is 35.0. The molecule has 3 aliphatic heterocycles. The summed E-state index contributed by atoms with van der Waals surface area (Å²) in [7, 11) is 2.38. The molecule has 3 saturated heterocycles. The van der Waals surface area contributed by atoms with Crippen molar-refractivity contribution in [3.63, 3.8) is 0 Å². The van der Waals surface area contributed by atoms with Crippen molar-refractivity contribution in [1.82, 2.24) is 0 Å². The highest BCUT2D eigenvalue weighted by Crippen LogP contribution is 2.32. The van der Waals surface area contributed by atoms with E-state index in [1.54, 1.807) is 0 Å². The van der Waals surface area contributed by atoms with Crippen LogP contribution in [0.4, 0.5) is 0 Å². The van der Waals surface area contributed by atoms with Crippen molar-refractivity contribution >= 4 is 17.9 Å². The van der Waals surface area contributed by atoms with Gasteiger partial charge in [-0.25, -0.2) is 14.4 Å². The third kappa shape index (κ3) is 6.18. The second-order valence-corrected chi connectivity index (χ2v) is 8.60. The van der Waals surface area contributed by atoms with Crippen LogP contribution in [0.5, 0.6) is 0 Å². The Kier molecular flexibility index (Phi) is 9.75. The summed E-state index contributed by atoms with van der Waals surface area (Å²) >= 11 is 0. The van der Waals surface area contributed by atoms with Crippen LogP contribution in [0.2, 0.25) is 0 Å². The van der Waals surface area contributed by atoms with Gasteiger partial charge in [-0.15, -0.1) is 0 Å². The Morgan fingerprint density at radius 2 is 1.11 bits per heavy atom. The summed E-state index contributed by atoms with van der Waals surface area (Å²) in [6.45, 7) is 0. The number of carboxylic acid groups (broad SMARTS) is 3. The molecule has 13 unspecified atom stereocenters. The average Bonchev–Trinajstić information content (AvgIpc) is 2.85. The highest BCUT2D eigenvalue weighted by Gasteiger charge is 2.55. The fourth-order valence-electron chi connectivity index (χ4n) is 4.34. The number of aliphatic hydroxyl groups is 4. The highest BCUT2D eigenvalue weighted by molar-refractivity contribution is 5.74. The fourth-order valence-corrected chi connectivity index (χ4v) is 4.34. The Bertz CT molecular complexity index is 823. The monoisotopic (exact) mass is 542 g/mol. The summed E-state index contributed by atoms with van der Waals surface area (Å²) in [5.74, 6) is -4.68. The van der Waals surface area contributed by atoms with E-state index < -0.39 is 97.8 Å². The Labute approximate surface area is 208 Å². The van der Waals surface area contributed by atoms with E-state index in [1.165, 1.54) is 7.11 Å². The molecule has 3 fully saturated rings. The minimum Gasteiger partial charge on any atom is -0.479 e. The van der Waals surface area contributed by atoms with Gasteiger partial charge in [0.2, 0.25) is 0 Å². The van der Waals surface area contributed by atoms with E-state index in [0.29, 0.717) is 0 Å². The van der Waals surface area contributed by atoms with Crippen molar-refractivity contribution in [3.05, 3.63) is 0 Å². The van der Waals surface area contributed by atoms with Crippen LogP contribution in [0.3, 0.4) is 0 Å². The summed E-state index contributed by atoms with van der Waals surface area (Å²) in [5, 5.41) is 70.2. The van der Waals surface area contributed by atoms with Crippen molar-refractivity contribution in [1.29, 1.82) is 0 Å². The first-order chi connectivity index (χ1) is 17.4. The molecule has 0 aromatic rings. The van der Waals surface area contributed by atoms with Crippen LogP contribution in [0.15, 0.2) is 0 Å². The molecule has 0 amide bonds. The van der Waals surface area contributed by atoms with Gasteiger partial charge in [0.05, 0.1) is 6.10 Å². The molecule has 3 heterocycles. The molecule has 0 spiro atoms. The number of hydrogen-bond donors (Lipinski definition) is 7. The standard InChI is InChI=1S/C20H30O17/c1-31-5-3-4-6(33-11(5)16(25)26)34-12-8(22)10(24)20(37-14(12)17(27)28)35-13-7(21)9(23)19(32-2)36-15(13)18(29)30/h5-15,19-24H,3-4H2,1-2H3,(H,25,26)(H,27,28)(H,29,30). The number of hydrogen-bond acceptors (Lipinski definition) is 14. The largest absolute Gasteiger partial charge is 0.479 e. The predicted molar refractivity (Wildman–Crippen MR) is 110 cm³/mol.